The average molecular weight is 373 g/mol. The van der Waals surface area contributed by atoms with E-state index in [0.717, 1.165) is 35.4 Å². The van der Waals surface area contributed by atoms with E-state index < -0.39 is 0 Å². The number of amides is 1. The van der Waals surface area contributed by atoms with Crippen LogP contribution in [0, 0.1) is 13.8 Å². The summed E-state index contributed by atoms with van der Waals surface area (Å²) < 4.78 is 5.85. The van der Waals surface area contributed by atoms with Gasteiger partial charge in [-0.3, -0.25) is 4.79 Å². The van der Waals surface area contributed by atoms with Crippen molar-refractivity contribution >= 4 is 17.7 Å². The minimum atomic E-state index is 0.141. The molecule has 1 fully saturated rings. The molecule has 0 saturated heterocycles. The second kappa shape index (κ2) is 9.26. The van der Waals surface area contributed by atoms with E-state index in [9.17, 15) is 4.79 Å². The molecule has 1 aromatic carbocycles. The van der Waals surface area contributed by atoms with Crippen molar-refractivity contribution in [2.45, 2.75) is 64.2 Å². The third-order valence-corrected chi connectivity index (χ3v) is 5.90. The van der Waals surface area contributed by atoms with E-state index in [0.29, 0.717) is 23.4 Å². The van der Waals surface area contributed by atoms with E-state index >= 15 is 0 Å². The second-order valence-electron chi connectivity index (χ2n) is 7.09. The number of oxazole rings is 1. The molecule has 3 rings (SSSR count). The lowest BCUT2D eigenvalue weighted by Gasteiger charge is -2.15. The van der Waals surface area contributed by atoms with E-state index in [1.54, 1.807) is 11.8 Å². The fourth-order valence-electron chi connectivity index (χ4n) is 3.42. The van der Waals surface area contributed by atoms with Gasteiger partial charge in [-0.15, -0.1) is 11.8 Å². The van der Waals surface area contributed by atoms with Crippen LogP contribution in [0.4, 0.5) is 0 Å². The van der Waals surface area contributed by atoms with Crippen molar-refractivity contribution in [3.63, 3.8) is 0 Å². The highest BCUT2D eigenvalue weighted by atomic mass is 32.2. The van der Waals surface area contributed by atoms with Crippen LogP contribution in [-0.2, 0) is 10.5 Å². The van der Waals surface area contributed by atoms with E-state index in [1.165, 1.54) is 25.7 Å². The van der Waals surface area contributed by atoms with Crippen molar-refractivity contribution in [2.24, 2.45) is 0 Å². The van der Waals surface area contributed by atoms with E-state index in [4.69, 9.17) is 4.42 Å². The highest BCUT2D eigenvalue weighted by Gasteiger charge is 2.16. The van der Waals surface area contributed by atoms with Crippen LogP contribution >= 0.6 is 11.8 Å². The van der Waals surface area contributed by atoms with Crippen LogP contribution in [0.3, 0.4) is 0 Å². The molecular formula is C21H28N2O2S. The molecule has 0 atom stereocenters. The van der Waals surface area contributed by atoms with E-state index in [-0.39, 0.29) is 5.91 Å². The Labute approximate surface area is 160 Å². The van der Waals surface area contributed by atoms with E-state index in [2.05, 4.69) is 23.3 Å². The molecule has 1 heterocycles. The third kappa shape index (κ3) is 5.13. The quantitative estimate of drug-likeness (QED) is 0.723. The molecule has 0 radical (unpaired) electrons. The molecule has 5 heteroatoms. The fraction of sp³-hybridized carbons (Fsp3) is 0.524. The normalized spacial score (nSPS) is 15.6. The number of carbonyl (C=O) groups excluding carboxylic acids is 1. The molecule has 2 aromatic rings. The predicted molar refractivity (Wildman–Crippen MR) is 107 cm³/mol. The summed E-state index contributed by atoms with van der Waals surface area (Å²) in [4.78, 5) is 16.8. The molecule has 0 bridgehead atoms. The number of aromatic nitrogens is 1. The van der Waals surface area contributed by atoms with Crippen molar-refractivity contribution in [1.82, 2.24) is 10.3 Å². The Kier molecular flexibility index (Phi) is 6.78. The van der Waals surface area contributed by atoms with Crippen molar-refractivity contribution in [2.75, 3.05) is 5.75 Å². The second-order valence-corrected chi connectivity index (χ2v) is 8.07. The summed E-state index contributed by atoms with van der Waals surface area (Å²) in [5, 5.41) is 3.19. The highest BCUT2D eigenvalue weighted by Crippen LogP contribution is 2.26. The summed E-state index contributed by atoms with van der Waals surface area (Å²) >= 11 is 1.60. The summed E-state index contributed by atoms with van der Waals surface area (Å²) in [6.07, 6.45) is 7.32. The standard InChI is InChI=1S/C21H28N2O2S/c1-15-9-7-8-12-18(15)21-23-19(16(2)25-21)13-26-14-20(24)22-17-10-5-3-4-6-11-17/h7-9,12,17H,3-6,10-11,13-14H2,1-2H3,(H,22,24). The van der Waals surface area contributed by atoms with Crippen LogP contribution in [0.5, 0.6) is 0 Å². The van der Waals surface area contributed by atoms with Crippen LogP contribution in [-0.4, -0.2) is 22.7 Å². The van der Waals surface area contributed by atoms with Gasteiger partial charge in [0.15, 0.2) is 0 Å². The first-order chi connectivity index (χ1) is 12.6. The van der Waals surface area contributed by atoms with Gasteiger partial charge in [-0.1, -0.05) is 43.9 Å². The molecule has 26 heavy (non-hydrogen) atoms. The molecule has 1 amide bonds. The Morgan fingerprint density at radius 1 is 1.19 bits per heavy atom. The first-order valence-electron chi connectivity index (χ1n) is 9.53. The minimum absolute atomic E-state index is 0.141. The molecule has 1 aliphatic rings. The number of benzene rings is 1. The maximum atomic E-state index is 12.2. The largest absolute Gasteiger partial charge is 0.441 e. The zero-order valence-corrected chi connectivity index (χ0v) is 16.5. The highest BCUT2D eigenvalue weighted by molar-refractivity contribution is 7.99. The van der Waals surface area contributed by atoms with Gasteiger partial charge in [0.1, 0.15) is 5.76 Å². The summed E-state index contributed by atoms with van der Waals surface area (Å²) in [6, 6.07) is 8.46. The Morgan fingerprint density at radius 2 is 1.92 bits per heavy atom. The molecule has 140 valence electrons. The van der Waals surface area contributed by atoms with Crippen LogP contribution in [0.25, 0.3) is 11.5 Å². The lowest BCUT2D eigenvalue weighted by molar-refractivity contribution is -0.119. The van der Waals surface area contributed by atoms with Crippen molar-refractivity contribution in [1.29, 1.82) is 0 Å². The Bertz CT molecular complexity index is 733. The van der Waals surface area contributed by atoms with Crippen molar-refractivity contribution < 1.29 is 9.21 Å². The number of aryl methyl sites for hydroxylation is 2. The first kappa shape index (κ1) is 19.0. The number of thioether (sulfide) groups is 1. The maximum Gasteiger partial charge on any atom is 0.230 e. The number of carbonyl (C=O) groups is 1. The fourth-order valence-corrected chi connectivity index (χ4v) is 4.26. The van der Waals surface area contributed by atoms with Gasteiger partial charge in [-0.2, -0.15) is 0 Å². The molecule has 0 unspecified atom stereocenters. The van der Waals surface area contributed by atoms with Crippen molar-refractivity contribution in [3.05, 3.63) is 41.3 Å². The van der Waals surface area contributed by atoms with E-state index in [1.807, 2.05) is 25.1 Å². The lowest BCUT2D eigenvalue weighted by atomic mass is 10.1. The van der Waals surface area contributed by atoms with Crippen LogP contribution < -0.4 is 5.32 Å². The molecule has 4 nitrogen and oxygen atoms in total. The first-order valence-corrected chi connectivity index (χ1v) is 10.7. The number of hydrogen-bond acceptors (Lipinski definition) is 4. The molecule has 0 spiro atoms. The molecule has 1 saturated carbocycles. The molecule has 0 aliphatic heterocycles. The smallest absolute Gasteiger partial charge is 0.230 e. The van der Waals surface area contributed by atoms with Gasteiger partial charge in [0.25, 0.3) is 0 Å². The number of nitrogens with one attached hydrogen (secondary N) is 1. The Balaban J connectivity index is 1.50. The monoisotopic (exact) mass is 372 g/mol. The average Bonchev–Trinajstić information content (AvgIpc) is 2.82. The van der Waals surface area contributed by atoms with Gasteiger partial charge in [-0.25, -0.2) is 4.98 Å². The summed E-state index contributed by atoms with van der Waals surface area (Å²) in [5.74, 6) is 2.81. The van der Waals surface area contributed by atoms with Gasteiger partial charge in [0.2, 0.25) is 11.8 Å². The molecular weight excluding hydrogens is 344 g/mol. The van der Waals surface area contributed by atoms with Gasteiger partial charge < -0.3 is 9.73 Å². The van der Waals surface area contributed by atoms with Crippen LogP contribution in [0.1, 0.15) is 55.5 Å². The van der Waals surface area contributed by atoms with Gasteiger partial charge in [-0.05, 0) is 38.3 Å². The topological polar surface area (TPSA) is 55.1 Å². The maximum absolute atomic E-state index is 12.2. The SMILES string of the molecule is Cc1ccccc1-c1nc(CSCC(=O)NC2CCCCCC2)c(C)o1. The van der Waals surface area contributed by atoms with Crippen LogP contribution in [0.2, 0.25) is 0 Å². The minimum Gasteiger partial charge on any atom is -0.441 e. The van der Waals surface area contributed by atoms with Crippen molar-refractivity contribution in [3.8, 4) is 11.5 Å². The molecule has 1 N–H and O–H groups in total. The van der Waals surface area contributed by atoms with Gasteiger partial charge >= 0.3 is 0 Å². The lowest BCUT2D eigenvalue weighted by Crippen LogP contribution is -2.35. The predicted octanol–water partition coefficient (Wildman–Crippen LogP) is 5.03. The molecule has 1 aliphatic carbocycles. The summed E-state index contributed by atoms with van der Waals surface area (Å²) in [7, 11) is 0. The number of hydrogen-bond donors (Lipinski definition) is 1. The zero-order valence-electron chi connectivity index (χ0n) is 15.7. The number of nitrogens with zero attached hydrogens (tertiary/aromatic N) is 1. The summed E-state index contributed by atoms with van der Waals surface area (Å²) in [6.45, 7) is 4.00. The van der Waals surface area contributed by atoms with Gasteiger partial charge in [0.05, 0.1) is 11.4 Å². The Morgan fingerprint density at radius 3 is 2.65 bits per heavy atom. The van der Waals surface area contributed by atoms with Gasteiger partial charge in [0, 0.05) is 17.4 Å². The van der Waals surface area contributed by atoms with Crippen LogP contribution in [0.15, 0.2) is 28.7 Å². The zero-order chi connectivity index (χ0) is 18.4. The third-order valence-electron chi connectivity index (χ3n) is 4.96. The number of rotatable bonds is 6. The summed E-state index contributed by atoms with van der Waals surface area (Å²) in [5.41, 5.74) is 3.10. The molecule has 1 aromatic heterocycles. The Hall–Kier alpha value is -1.75.